The lowest BCUT2D eigenvalue weighted by Crippen LogP contribution is -2.37. The Kier molecular flexibility index (Phi) is 8.62. The number of nitro groups is 1. The first-order chi connectivity index (χ1) is 14.7. The zero-order valence-electron chi connectivity index (χ0n) is 17.8. The first-order valence-corrected chi connectivity index (χ1v) is 10.4. The first kappa shape index (κ1) is 25.6. The van der Waals surface area contributed by atoms with Crippen LogP contribution >= 0.6 is 35.3 Å². The van der Waals surface area contributed by atoms with Crippen molar-refractivity contribution in [3.63, 3.8) is 0 Å². The molecular formula is C20H22Cl2N4O5S. The largest absolute Gasteiger partial charge is 0.493 e. The molecule has 0 fully saturated rings. The number of carbonyl (C=O) groups excluding carboxylic acids is 1. The van der Waals surface area contributed by atoms with Crippen LogP contribution in [0.5, 0.6) is 11.5 Å². The molecule has 0 aliphatic heterocycles. The summed E-state index contributed by atoms with van der Waals surface area (Å²) >= 11 is 7.32. The minimum absolute atomic E-state index is 0. The second kappa shape index (κ2) is 10.8. The maximum atomic E-state index is 13.4. The summed E-state index contributed by atoms with van der Waals surface area (Å²) in [7, 11) is 6.82. The Labute approximate surface area is 200 Å². The molecule has 9 nitrogen and oxygen atoms in total. The van der Waals surface area contributed by atoms with Crippen molar-refractivity contribution in [1.29, 1.82) is 0 Å². The summed E-state index contributed by atoms with van der Waals surface area (Å²) in [5.74, 6) is 0.513. The van der Waals surface area contributed by atoms with E-state index in [1.807, 2.05) is 19.0 Å². The molecule has 0 unspecified atom stereocenters. The van der Waals surface area contributed by atoms with Gasteiger partial charge in [0, 0.05) is 36.3 Å². The molecule has 1 amide bonds. The number of ether oxygens (including phenoxy) is 2. The smallest absolute Gasteiger partial charge is 0.282 e. The van der Waals surface area contributed by atoms with Gasteiger partial charge < -0.3 is 14.4 Å². The summed E-state index contributed by atoms with van der Waals surface area (Å²) in [6, 6.07) is 7.44. The van der Waals surface area contributed by atoms with Gasteiger partial charge in [-0.15, -0.1) is 12.4 Å². The van der Waals surface area contributed by atoms with Gasteiger partial charge in [0.2, 0.25) is 0 Å². The van der Waals surface area contributed by atoms with E-state index in [4.69, 9.17) is 21.1 Å². The summed E-state index contributed by atoms with van der Waals surface area (Å²) in [5, 5.41) is 12.1. The average molecular weight is 501 g/mol. The van der Waals surface area contributed by atoms with Crippen molar-refractivity contribution in [3.05, 3.63) is 51.0 Å². The monoisotopic (exact) mass is 500 g/mol. The highest BCUT2D eigenvalue weighted by atomic mass is 35.5. The molecule has 3 aromatic rings. The molecule has 0 radical (unpaired) electrons. The number of benzene rings is 2. The average Bonchev–Trinajstić information content (AvgIpc) is 3.14. The number of thiazole rings is 1. The van der Waals surface area contributed by atoms with Gasteiger partial charge in [-0.25, -0.2) is 4.98 Å². The highest BCUT2D eigenvalue weighted by molar-refractivity contribution is 7.22. The van der Waals surface area contributed by atoms with Crippen LogP contribution in [0.3, 0.4) is 0 Å². The van der Waals surface area contributed by atoms with Crippen LogP contribution in [0.15, 0.2) is 30.3 Å². The molecule has 0 aliphatic rings. The normalized spacial score (nSPS) is 10.7. The lowest BCUT2D eigenvalue weighted by Gasteiger charge is -2.22. The Morgan fingerprint density at radius 2 is 1.81 bits per heavy atom. The van der Waals surface area contributed by atoms with Crippen molar-refractivity contribution in [2.45, 2.75) is 0 Å². The number of rotatable bonds is 8. The van der Waals surface area contributed by atoms with Gasteiger partial charge in [0.25, 0.3) is 11.6 Å². The summed E-state index contributed by atoms with van der Waals surface area (Å²) in [5.41, 5.74) is 0.222. The minimum atomic E-state index is -0.595. The molecule has 3 rings (SSSR count). The van der Waals surface area contributed by atoms with E-state index in [1.54, 1.807) is 12.1 Å². The van der Waals surface area contributed by atoms with E-state index in [2.05, 4.69) is 4.98 Å². The fourth-order valence-corrected chi connectivity index (χ4v) is 4.10. The Bertz CT molecular complexity index is 1100. The number of methoxy groups -OCH3 is 2. The summed E-state index contributed by atoms with van der Waals surface area (Å²) in [4.78, 5) is 32.2. The number of carbonyl (C=O) groups is 1. The molecule has 0 saturated heterocycles. The van der Waals surface area contributed by atoms with Gasteiger partial charge in [0.05, 0.1) is 29.4 Å². The number of halogens is 2. The van der Waals surface area contributed by atoms with Crippen molar-refractivity contribution < 1.29 is 19.2 Å². The van der Waals surface area contributed by atoms with Crippen LogP contribution in [-0.4, -0.2) is 62.1 Å². The van der Waals surface area contributed by atoms with E-state index in [1.165, 1.54) is 48.7 Å². The molecule has 12 heteroatoms. The van der Waals surface area contributed by atoms with E-state index in [0.717, 1.165) is 4.70 Å². The lowest BCUT2D eigenvalue weighted by atomic mass is 10.1. The summed E-state index contributed by atoms with van der Waals surface area (Å²) < 4.78 is 11.5. The van der Waals surface area contributed by atoms with Crippen molar-refractivity contribution >= 4 is 62.3 Å². The maximum Gasteiger partial charge on any atom is 0.282 e. The number of aromatic nitrogens is 1. The molecule has 0 saturated carbocycles. The Balaban J connectivity index is 0.00000363. The van der Waals surface area contributed by atoms with Crippen LogP contribution in [0, 0.1) is 10.1 Å². The third-order valence-electron chi connectivity index (χ3n) is 4.52. The topological polar surface area (TPSA) is 98.0 Å². The number of nitrogens with zero attached hydrogens (tertiary/aromatic N) is 4. The van der Waals surface area contributed by atoms with E-state index < -0.39 is 10.8 Å². The number of fused-ring (bicyclic) bond motifs is 1. The molecule has 0 bridgehead atoms. The van der Waals surface area contributed by atoms with Crippen molar-refractivity contribution in [2.75, 3.05) is 46.3 Å². The summed E-state index contributed by atoms with van der Waals surface area (Å²) in [6.07, 6.45) is 0. The summed E-state index contributed by atoms with van der Waals surface area (Å²) in [6.45, 7) is 0.812. The number of hydrogen-bond donors (Lipinski definition) is 0. The molecule has 1 aromatic heterocycles. The van der Waals surface area contributed by atoms with E-state index in [9.17, 15) is 14.9 Å². The molecule has 1 heterocycles. The third-order valence-corrected chi connectivity index (χ3v) is 5.79. The number of hydrogen-bond acceptors (Lipinski definition) is 8. The number of nitro benzene ring substituents is 1. The fraction of sp³-hybridized carbons (Fsp3) is 0.300. The Morgan fingerprint density at radius 3 is 2.41 bits per heavy atom. The van der Waals surface area contributed by atoms with Crippen LogP contribution in [0.4, 0.5) is 10.8 Å². The SMILES string of the molecule is COc1cc2nc(N(CCN(C)C)C(=O)c3cc(Cl)ccc3[N+](=O)[O-])sc2cc1OC.Cl. The van der Waals surface area contributed by atoms with Crippen LogP contribution in [0.2, 0.25) is 5.02 Å². The molecule has 0 atom stereocenters. The zero-order chi connectivity index (χ0) is 22.7. The van der Waals surface area contributed by atoms with Crippen molar-refractivity contribution in [1.82, 2.24) is 9.88 Å². The van der Waals surface area contributed by atoms with Crippen molar-refractivity contribution in [2.24, 2.45) is 0 Å². The van der Waals surface area contributed by atoms with E-state index >= 15 is 0 Å². The molecule has 32 heavy (non-hydrogen) atoms. The molecular weight excluding hydrogens is 479 g/mol. The zero-order valence-corrected chi connectivity index (χ0v) is 20.2. The van der Waals surface area contributed by atoms with Crippen LogP contribution in [0.1, 0.15) is 10.4 Å². The third kappa shape index (κ3) is 5.39. The van der Waals surface area contributed by atoms with Crippen LogP contribution in [0.25, 0.3) is 10.2 Å². The highest BCUT2D eigenvalue weighted by Gasteiger charge is 2.28. The predicted octanol–water partition coefficient (Wildman–Crippen LogP) is 4.51. The number of amides is 1. The van der Waals surface area contributed by atoms with Crippen LogP contribution < -0.4 is 14.4 Å². The standard InChI is InChI=1S/C20H21ClN4O5S.ClH/c1-23(2)7-8-24(19(26)13-9-12(21)5-6-15(13)25(27)28)20-22-14-10-16(29-3)17(30-4)11-18(14)31-20;/h5-6,9-11H,7-8H2,1-4H3;1H. The van der Waals surface area contributed by atoms with Crippen molar-refractivity contribution in [3.8, 4) is 11.5 Å². The van der Waals surface area contributed by atoms with Crippen LogP contribution in [-0.2, 0) is 0 Å². The first-order valence-electron chi connectivity index (χ1n) is 9.18. The second-order valence-electron chi connectivity index (χ2n) is 6.85. The Morgan fingerprint density at radius 1 is 1.16 bits per heavy atom. The van der Waals surface area contributed by atoms with Gasteiger partial charge in [-0.3, -0.25) is 19.8 Å². The second-order valence-corrected chi connectivity index (χ2v) is 8.30. The maximum absolute atomic E-state index is 13.4. The highest BCUT2D eigenvalue weighted by Crippen LogP contribution is 2.38. The number of likely N-dealkylation sites (N-methyl/N-ethyl adjacent to an activating group) is 1. The molecule has 172 valence electrons. The van der Waals surface area contributed by atoms with Gasteiger partial charge in [0.15, 0.2) is 16.6 Å². The van der Waals surface area contributed by atoms with E-state index in [0.29, 0.717) is 28.7 Å². The predicted molar refractivity (Wildman–Crippen MR) is 128 cm³/mol. The molecule has 0 spiro atoms. The van der Waals surface area contributed by atoms with Gasteiger partial charge in [0.1, 0.15) is 5.56 Å². The van der Waals surface area contributed by atoms with Gasteiger partial charge >= 0.3 is 0 Å². The molecule has 0 N–H and O–H groups in total. The molecule has 2 aromatic carbocycles. The fourth-order valence-electron chi connectivity index (χ4n) is 2.93. The minimum Gasteiger partial charge on any atom is -0.493 e. The Hall–Kier alpha value is -2.66. The number of anilines is 1. The van der Waals surface area contributed by atoms with Gasteiger partial charge in [-0.05, 0) is 26.2 Å². The lowest BCUT2D eigenvalue weighted by molar-refractivity contribution is -0.385. The van der Waals surface area contributed by atoms with Gasteiger partial charge in [-0.2, -0.15) is 0 Å². The van der Waals surface area contributed by atoms with E-state index in [-0.39, 0.29) is 35.2 Å². The van der Waals surface area contributed by atoms with Gasteiger partial charge in [-0.1, -0.05) is 22.9 Å². The molecule has 0 aliphatic carbocycles. The quantitative estimate of drug-likeness (QED) is 0.331.